The summed E-state index contributed by atoms with van der Waals surface area (Å²) in [5.41, 5.74) is 0. The second kappa shape index (κ2) is 5.35. The molecule has 1 atom stereocenters. The molecule has 3 heteroatoms. The molecule has 82 valence electrons. The molecule has 1 rings (SSSR count). The first-order chi connectivity index (χ1) is 6.65. The van der Waals surface area contributed by atoms with Crippen LogP contribution in [0.3, 0.4) is 0 Å². The normalized spacial score (nSPS) is 22.1. The van der Waals surface area contributed by atoms with Crippen molar-refractivity contribution in [2.75, 3.05) is 13.1 Å². The lowest BCUT2D eigenvalue weighted by atomic mass is 9.97. The molecule has 0 aromatic carbocycles. The molecule has 0 aromatic heterocycles. The smallest absolute Gasteiger partial charge is 0.320 e. The number of hydrogen-bond acceptors (Lipinski definition) is 2. The van der Waals surface area contributed by atoms with E-state index in [4.69, 9.17) is 5.11 Å². The molecule has 1 fully saturated rings. The maximum absolute atomic E-state index is 11.0. The molecular weight excluding hydrogens is 178 g/mol. The van der Waals surface area contributed by atoms with Gasteiger partial charge in [-0.3, -0.25) is 9.69 Å². The molecule has 14 heavy (non-hydrogen) atoms. The zero-order valence-electron chi connectivity index (χ0n) is 9.20. The Hall–Kier alpha value is -0.570. The Morgan fingerprint density at radius 1 is 1.50 bits per heavy atom. The van der Waals surface area contributed by atoms with Crippen LogP contribution < -0.4 is 0 Å². The minimum Gasteiger partial charge on any atom is -0.480 e. The topological polar surface area (TPSA) is 40.5 Å². The molecule has 0 saturated carbocycles. The Kier molecular flexibility index (Phi) is 4.39. The fourth-order valence-electron chi connectivity index (χ4n) is 2.08. The van der Waals surface area contributed by atoms with E-state index in [-0.39, 0.29) is 6.04 Å². The number of carbonyl (C=O) groups is 1. The highest BCUT2D eigenvalue weighted by atomic mass is 16.4. The van der Waals surface area contributed by atoms with E-state index < -0.39 is 5.97 Å². The fraction of sp³-hybridized carbons (Fsp3) is 0.909. The molecule has 1 aliphatic heterocycles. The summed E-state index contributed by atoms with van der Waals surface area (Å²) in [4.78, 5) is 13.2. The summed E-state index contributed by atoms with van der Waals surface area (Å²) in [6.45, 7) is 6.20. The van der Waals surface area contributed by atoms with Crippen LogP contribution in [-0.2, 0) is 4.79 Å². The number of rotatable bonds is 4. The van der Waals surface area contributed by atoms with Crippen LogP contribution in [-0.4, -0.2) is 35.1 Å². The second-order valence-electron chi connectivity index (χ2n) is 4.36. The summed E-state index contributed by atoms with van der Waals surface area (Å²) in [5, 5.41) is 9.08. The summed E-state index contributed by atoms with van der Waals surface area (Å²) in [5.74, 6) is 0.115. The number of hydrogen-bond donors (Lipinski definition) is 1. The van der Waals surface area contributed by atoms with Crippen molar-refractivity contribution in [3.8, 4) is 0 Å². The van der Waals surface area contributed by atoms with Crippen molar-refractivity contribution in [3.63, 3.8) is 0 Å². The minimum atomic E-state index is -0.651. The predicted molar refractivity (Wildman–Crippen MR) is 56.3 cm³/mol. The lowest BCUT2D eigenvalue weighted by Crippen LogP contribution is -2.45. The molecule has 0 spiro atoms. The van der Waals surface area contributed by atoms with Crippen molar-refractivity contribution in [3.05, 3.63) is 0 Å². The first-order valence-electron chi connectivity index (χ1n) is 5.62. The maximum Gasteiger partial charge on any atom is 0.320 e. The van der Waals surface area contributed by atoms with E-state index in [0.717, 1.165) is 44.7 Å². The van der Waals surface area contributed by atoms with Crippen LogP contribution in [0.1, 0.15) is 39.5 Å². The largest absolute Gasteiger partial charge is 0.480 e. The van der Waals surface area contributed by atoms with Crippen LogP contribution in [0, 0.1) is 5.92 Å². The molecule has 0 unspecified atom stereocenters. The van der Waals surface area contributed by atoms with Gasteiger partial charge in [-0.1, -0.05) is 20.3 Å². The quantitative estimate of drug-likeness (QED) is 0.752. The Morgan fingerprint density at radius 2 is 2.07 bits per heavy atom. The van der Waals surface area contributed by atoms with E-state index in [1.54, 1.807) is 0 Å². The lowest BCUT2D eigenvalue weighted by molar-refractivity contribution is -0.144. The molecule has 0 radical (unpaired) electrons. The summed E-state index contributed by atoms with van der Waals surface area (Å²) >= 11 is 0. The van der Waals surface area contributed by atoms with E-state index in [2.05, 4.69) is 11.8 Å². The molecule has 1 N–H and O–H groups in total. The van der Waals surface area contributed by atoms with Gasteiger partial charge in [-0.25, -0.2) is 0 Å². The summed E-state index contributed by atoms with van der Waals surface area (Å²) in [6.07, 6.45) is 4.02. The van der Waals surface area contributed by atoms with Crippen molar-refractivity contribution >= 4 is 5.97 Å². The van der Waals surface area contributed by atoms with Crippen LogP contribution >= 0.6 is 0 Å². The van der Waals surface area contributed by atoms with E-state index in [1.807, 2.05) is 6.92 Å². The van der Waals surface area contributed by atoms with Crippen molar-refractivity contribution in [1.82, 2.24) is 4.90 Å². The molecule has 1 saturated heterocycles. The number of carboxylic acids is 1. The monoisotopic (exact) mass is 199 g/mol. The van der Waals surface area contributed by atoms with Crippen molar-refractivity contribution in [1.29, 1.82) is 0 Å². The third kappa shape index (κ3) is 2.98. The Bertz CT molecular complexity index is 186. The Labute approximate surface area is 86.1 Å². The number of aliphatic carboxylic acids is 1. The van der Waals surface area contributed by atoms with Gasteiger partial charge in [0.05, 0.1) is 0 Å². The highest BCUT2D eigenvalue weighted by Crippen LogP contribution is 2.19. The van der Waals surface area contributed by atoms with E-state index >= 15 is 0 Å². The molecule has 1 heterocycles. The highest BCUT2D eigenvalue weighted by molar-refractivity contribution is 5.73. The van der Waals surface area contributed by atoms with Gasteiger partial charge in [-0.15, -0.1) is 0 Å². The Morgan fingerprint density at radius 3 is 2.50 bits per heavy atom. The first kappa shape index (κ1) is 11.5. The molecule has 0 bridgehead atoms. The Balaban J connectivity index is 2.47. The lowest BCUT2D eigenvalue weighted by Gasteiger charge is -2.34. The van der Waals surface area contributed by atoms with E-state index in [9.17, 15) is 4.79 Å². The van der Waals surface area contributed by atoms with Crippen molar-refractivity contribution in [2.24, 2.45) is 5.92 Å². The molecule has 1 aliphatic rings. The van der Waals surface area contributed by atoms with E-state index in [1.165, 1.54) is 0 Å². The standard InChI is InChI=1S/C11H21NO2/c1-3-4-10(11(13)14)12-7-5-9(2)6-8-12/h9-10H,3-8H2,1-2H3,(H,13,14)/t10-/m1/s1. The van der Waals surface area contributed by atoms with Crippen LogP contribution in [0.25, 0.3) is 0 Å². The second-order valence-corrected chi connectivity index (χ2v) is 4.36. The number of carboxylic acid groups (broad SMARTS) is 1. The third-order valence-corrected chi connectivity index (χ3v) is 3.11. The molecule has 0 aromatic rings. The average Bonchev–Trinajstić information content (AvgIpc) is 2.15. The van der Waals surface area contributed by atoms with Gasteiger partial charge in [0.25, 0.3) is 0 Å². The van der Waals surface area contributed by atoms with Gasteiger partial charge < -0.3 is 5.11 Å². The zero-order valence-corrected chi connectivity index (χ0v) is 9.20. The van der Waals surface area contributed by atoms with Crippen LogP contribution in [0.4, 0.5) is 0 Å². The summed E-state index contributed by atoms with van der Waals surface area (Å²) < 4.78 is 0. The van der Waals surface area contributed by atoms with Crippen LogP contribution in [0.15, 0.2) is 0 Å². The molecule has 0 amide bonds. The SMILES string of the molecule is CCC[C@H](C(=O)O)N1CCC(C)CC1. The van der Waals surface area contributed by atoms with Gasteiger partial charge in [0.2, 0.25) is 0 Å². The van der Waals surface area contributed by atoms with Gasteiger partial charge in [-0.05, 0) is 38.3 Å². The van der Waals surface area contributed by atoms with Crippen LogP contribution in [0.2, 0.25) is 0 Å². The van der Waals surface area contributed by atoms with E-state index in [0.29, 0.717) is 0 Å². The van der Waals surface area contributed by atoms with Crippen molar-refractivity contribution < 1.29 is 9.90 Å². The van der Waals surface area contributed by atoms with Crippen LogP contribution in [0.5, 0.6) is 0 Å². The van der Waals surface area contributed by atoms with Gasteiger partial charge >= 0.3 is 5.97 Å². The minimum absolute atomic E-state index is 0.243. The number of piperidine rings is 1. The molecule has 3 nitrogen and oxygen atoms in total. The first-order valence-corrected chi connectivity index (χ1v) is 5.62. The zero-order chi connectivity index (χ0) is 10.6. The van der Waals surface area contributed by atoms with Crippen molar-refractivity contribution in [2.45, 2.75) is 45.6 Å². The predicted octanol–water partition coefficient (Wildman–Crippen LogP) is 1.97. The van der Waals surface area contributed by atoms with Gasteiger partial charge in [0.15, 0.2) is 0 Å². The van der Waals surface area contributed by atoms with Gasteiger partial charge in [-0.2, -0.15) is 0 Å². The molecule has 0 aliphatic carbocycles. The summed E-state index contributed by atoms with van der Waals surface area (Å²) in [6, 6.07) is -0.243. The highest BCUT2D eigenvalue weighted by Gasteiger charge is 2.27. The number of nitrogens with zero attached hydrogens (tertiary/aromatic N) is 1. The number of likely N-dealkylation sites (tertiary alicyclic amines) is 1. The maximum atomic E-state index is 11.0. The fourth-order valence-corrected chi connectivity index (χ4v) is 2.08. The summed E-state index contributed by atoms with van der Waals surface area (Å²) in [7, 11) is 0. The third-order valence-electron chi connectivity index (χ3n) is 3.11. The van der Waals surface area contributed by atoms with Gasteiger partial charge in [0.1, 0.15) is 6.04 Å². The molecular formula is C11H21NO2. The average molecular weight is 199 g/mol. The van der Waals surface area contributed by atoms with Gasteiger partial charge in [0, 0.05) is 0 Å².